The molecule has 1 aromatic heterocycles. The van der Waals surface area contributed by atoms with Gasteiger partial charge >= 0.3 is 0 Å². The minimum atomic E-state index is -0.108. The second-order valence-electron chi connectivity index (χ2n) is 7.86. The Balaban J connectivity index is 1.36. The molecule has 0 radical (unpaired) electrons. The molecule has 2 atom stereocenters. The molecule has 3 saturated heterocycles. The maximum atomic E-state index is 6.34. The van der Waals surface area contributed by atoms with Crippen LogP contribution >= 0.6 is 0 Å². The maximum absolute atomic E-state index is 6.34. The molecule has 0 amide bonds. The lowest BCUT2D eigenvalue weighted by molar-refractivity contribution is -0.0563. The number of ether oxygens (including phenoxy) is 2. The van der Waals surface area contributed by atoms with E-state index >= 15 is 0 Å². The summed E-state index contributed by atoms with van der Waals surface area (Å²) in [5.74, 6) is 0.657. The van der Waals surface area contributed by atoms with E-state index in [1.54, 1.807) is 0 Å². The molecule has 0 aromatic carbocycles. The molecule has 24 heavy (non-hydrogen) atoms. The molecule has 4 rings (SSSR count). The highest BCUT2D eigenvalue weighted by molar-refractivity contribution is 5.04. The van der Waals surface area contributed by atoms with Crippen LogP contribution in [0.4, 0.5) is 0 Å². The summed E-state index contributed by atoms with van der Waals surface area (Å²) in [4.78, 5) is 5.08. The molecule has 0 bridgehead atoms. The fourth-order valence-corrected chi connectivity index (χ4v) is 4.53. The summed E-state index contributed by atoms with van der Waals surface area (Å²) in [6.45, 7) is 9.04. The largest absolute Gasteiger partial charge is 0.377 e. The number of aromatic nitrogens is 2. The number of hydrogen-bond acceptors (Lipinski definition) is 5. The van der Waals surface area contributed by atoms with Crippen LogP contribution in [0, 0.1) is 5.92 Å². The van der Waals surface area contributed by atoms with E-state index in [-0.39, 0.29) is 5.60 Å². The van der Waals surface area contributed by atoms with Crippen LogP contribution in [-0.2, 0) is 23.1 Å². The first-order valence-electron chi connectivity index (χ1n) is 9.35. The minimum absolute atomic E-state index is 0.108. The molecule has 3 aliphatic rings. The summed E-state index contributed by atoms with van der Waals surface area (Å²) >= 11 is 0. The summed E-state index contributed by atoms with van der Waals surface area (Å²) in [6.07, 6.45) is 7.92. The first-order chi connectivity index (χ1) is 11.7. The fourth-order valence-electron chi connectivity index (χ4n) is 4.53. The highest BCUT2D eigenvalue weighted by atomic mass is 16.5. The monoisotopic (exact) mass is 334 g/mol. The van der Waals surface area contributed by atoms with Crippen molar-refractivity contribution in [2.75, 3.05) is 52.5 Å². The normalized spacial score (nSPS) is 32.6. The van der Waals surface area contributed by atoms with E-state index in [9.17, 15) is 0 Å². The lowest BCUT2D eigenvalue weighted by Gasteiger charge is -2.31. The van der Waals surface area contributed by atoms with E-state index in [4.69, 9.17) is 9.47 Å². The van der Waals surface area contributed by atoms with Crippen molar-refractivity contribution in [2.24, 2.45) is 13.0 Å². The lowest BCUT2D eigenvalue weighted by atomic mass is 9.94. The van der Waals surface area contributed by atoms with Gasteiger partial charge in [-0.15, -0.1) is 0 Å². The number of likely N-dealkylation sites (tertiary alicyclic amines) is 1. The van der Waals surface area contributed by atoms with Gasteiger partial charge in [0.1, 0.15) is 5.60 Å². The Hall–Kier alpha value is -0.950. The zero-order valence-electron chi connectivity index (χ0n) is 14.8. The van der Waals surface area contributed by atoms with Crippen LogP contribution in [0.25, 0.3) is 0 Å². The summed E-state index contributed by atoms with van der Waals surface area (Å²) < 4.78 is 14.1. The van der Waals surface area contributed by atoms with Gasteiger partial charge in [0.05, 0.1) is 26.0 Å². The standard InChI is InChI=1S/C18H30N4O2/c1-20-10-17(9-19-20)12-22-6-7-23-15-18(14-22)8-16(13-24-18)11-21-4-2-3-5-21/h9-10,16H,2-8,11-15H2,1H3. The maximum Gasteiger partial charge on any atom is 0.104 e. The Kier molecular flexibility index (Phi) is 4.90. The van der Waals surface area contributed by atoms with Gasteiger partial charge in [0.25, 0.3) is 0 Å². The molecule has 4 heterocycles. The van der Waals surface area contributed by atoms with Gasteiger partial charge in [-0.25, -0.2) is 0 Å². The van der Waals surface area contributed by atoms with Crippen molar-refractivity contribution >= 4 is 0 Å². The predicted octanol–water partition coefficient (Wildman–Crippen LogP) is 1.12. The first kappa shape index (κ1) is 16.5. The SMILES string of the molecule is Cn1cc(CN2CCOCC3(CC(CN4CCCC4)CO3)C2)cn1. The van der Waals surface area contributed by atoms with Gasteiger partial charge in [-0.3, -0.25) is 9.58 Å². The molecule has 0 aliphatic carbocycles. The topological polar surface area (TPSA) is 42.8 Å². The van der Waals surface area contributed by atoms with Crippen LogP contribution in [0.1, 0.15) is 24.8 Å². The smallest absolute Gasteiger partial charge is 0.104 e. The van der Waals surface area contributed by atoms with Crippen LogP contribution in [0.5, 0.6) is 0 Å². The number of nitrogens with zero attached hydrogens (tertiary/aromatic N) is 4. The van der Waals surface area contributed by atoms with Gasteiger partial charge in [-0.1, -0.05) is 0 Å². The Labute approximate surface area is 144 Å². The molecular weight excluding hydrogens is 304 g/mol. The summed E-state index contributed by atoms with van der Waals surface area (Å²) in [5, 5.41) is 4.29. The van der Waals surface area contributed by atoms with E-state index < -0.39 is 0 Å². The van der Waals surface area contributed by atoms with Gasteiger partial charge in [0.2, 0.25) is 0 Å². The highest BCUT2D eigenvalue weighted by Gasteiger charge is 2.43. The van der Waals surface area contributed by atoms with Crippen LogP contribution in [0.3, 0.4) is 0 Å². The zero-order chi connectivity index (χ0) is 16.4. The second kappa shape index (κ2) is 7.12. The first-order valence-corrected chi connectivity index (χ1v) is 9.35. The molecule has 0 saturated carbocycles. The number of hydrogen-bond donors (Lipinski definition) is 0. The average Bonchev–Trinajstić information content (AvgIpc) is 3.25. The molecule has 6 nitrogen and oxygen atoms in total. The molecule has 1 aromatic rings. The molecule has 3 aliphatic heterocycles. The highest BCUT2D eigenvalue weighted by Crippen LogP contribution is 2.34. The van der Waals surface area contributed by atoms with Gasteiger partial charge in [0, 0.05) is 45.0 Å². The Morgan fingerprint density at radius 1 is 1.25 bits per heavy atom. The fraction of sp³-hybridized carbons (Fsp3) is 0.833. The van der Waals surface area contributed by atoms with Gasteiger partial charge < -0.3 is 14.4 Å². The number of rotatable bonds is 4. The van der Waals surface area contributed by atoms with Crippen molar-refractivity contribution in [3.8, 4) is 0 Å². The quantitative estimate of drug-likeness (QED) is 0.826. The Bertz CT molecular complexity index is 543. The minimum Gasteiger partial charge on any atom is -0.377 e. The van der Waals surface area contributed by atoms with Gasteiger partial charge in [-0.05, 0) is 38.3 Å². The molecule has 3 fully saturated rings. The second-order valence-corrected chi connectivity index (χ2v) is 7.86. The van der Waals surface area contributed by atoms with E-state index in [1.165, 1.54) is 38.0 Å². The van der Waals surface area contributed by atoms with Crippen molar-refractivity contribution in [3.05, 3.63) is 18.0 Å². The Morgan fingerprint density at radius 3 is 2.92 bits per heavy atom. The summed E-state index contributed by atoms with van der Waals surface area (Å²) in [6, 6.07) is 0. The summed E-state index contributed by atoms with van der Waals surface area (Å²) in [5.41, 5.74) is 1.16. The van der Waals surface area contributed by atoms with E-state index in [0.29, 0.717) is 5.92 Å². The van der Waals surface area contributed by atoms with Crippen molar-refractivity contribution in [1.29, 1.82) is 0 Å². The van der Waals surface area contributed by atoms with Crippen LogP contribution in [0.15, 0.2) is 12.4 Å². The van der Waals surface area contributed by atoms with Crippen molar-refractivity contribution in [1.82, 2.24) is 19.6 Å². The lowest BCUT2D eigenvalue weighted by Crippen LogP contribution is -2.44. The third kappa shape index (κ3) is 3.82. The average molecular weight is 334 g/mol. The third-order valence-corrected chi connectivity index (χ3v) is 5.59. The van der Waals surface area contributed by atoms with Crippen LogP contribution < -0.4 is 0 Å². The zero-order valence-corrected chi connectivity index (χ0v) is 14.8. The molecule has 2 unspecified atom stereocenters. The number of aryl methyl sites for hydroxylation is 1. The van der Waals surface area contributed by atoms with Crippen molar-refractivity contribution in [3.63, 3.8) is 0 Å². The molecule has 6 heteroatoms. The predicted molar refractivity (Wildman–Crippen MR) is 91.8 cm³/mol. The molecule has 1 spiro atoms. The van der Waals surface area contributed by atoms with E-state index in [2.05, 4.69) is 21.1 Å². The molecule has 134 valence electrons. The third-order valence-electron chi connectivity index (χ3n) is 5.59. The van der Waals surface area contributed by atoms with E-state index in [0.717, 1.165) is 45.9 Å². The van der Waals surface area contributed by atoms with Crippen LogP contribution in [0.2, 0.25) is 0 Å². The Morgan fingerprint density at radius 2 is 2.12 bits per heavy atom. The van der Waals surface area contributed by atoms with E-state index in [1.807, 2.05) is 17.9 Å². The van der Waals surface area contributed by atoms with Crippen molar-refractivity contribution in [2.45, 2.75) is 31.4 Å². The van der Waals surface area contributed by atoms with Crippen LogP contribution in [-0.4, -0.2) is 77.7 Å². The summed E-state index contributed by atoms with van der Waals surface area (Å²) in [7, 11) is 1.97. The van der Waals surface area contributed by atoms with Crippen molar-refractivity contribution < 1.29 is 9.47 Å². The molecular formula is C18H30N4O2. The van der Waals surface area contributed by atoms with Gasteiger partial charge in [0.15, 0.2) is 0 Å². The van der Waals surface area contributed by atoms with Gasteiger partial charge in [-0.2, -0.15) is 5.10 Å². The molecule has 0 N–H and O–H groups in total.